The predicted molar refractivity (Wildman–Crippen MR) is 94.9 cm³/mol. The minimum Gasteiger partial charge on any atom is -0.468 e. The van der Waals surface area contributed by atoms with E-state index in [0.29, 0.717) is 12.3 Å². The van der Waals surface area contributed by atoms with Gasteiger partial charge in [-0.25, -0.2) is 4.39 Å². The highest BCUT2D eigenvalue weighted by Gasteiger charge is 2.38. The zero-order valence-corrected chi connectivity index (χ0v) is 14.2. The first-order valence-electron chi connectivity index (χ1n) is 8.07. The average molecular weight is 355 g/mol. The summed E-state index contributed by atoms with van der Waals surface area (Å²) in [5.41, 5.74) is 8.10. The number of anilines is 1. The van der Waals surface area contributed by atoms with Crippen molar-refractivity contribution in [3.63, 3.8) is 0 Å². The Bertz CT molecular complexity index is 865. The maximum Gasteiger partial charge on any atom is 0.318 e. The Morgan fingerprint density at radius 2 is 2.04 bits per heavy atom. The molecule has 0 spiro atoms. The number of carbonyl (C=O) groups excluding carboxylic acids is 2. The lowest BCUT2D eigenvalue weighted by molar-refractivity contribution is -0.149. The summed E-state index contributed by atoms with van der Waals surface area (Å²) in [7, 11) is 1.23. The maximum absolute atomic E-state index is 13.6. The van der Waals surface area contributed by atoms with Gasteiger partial charge in [0.15, 0.2) is 0 Å². The first-order chi connectivity index (χ1) is 12.5. The number of halogens is 1. The molecule has 1 unspecified atom stereocenters. The van der Waals surface area contributed by atoms with Crippen LogP contribution in [0.25, 0.3) is 0 Å². The fourth-order valence-corrected chi connectivity index (χ4v) is 2.77. The molecule has 0 fully saturated rings. The Hall–Kier alpha value is -3.06. The van der Waals surface area contributed by atoms with Crippen LogP contribution in [-0.2, 0) is 20.9 Å². The van der Waals surface area contributed by atoms with Gasteiger partial charge in [-0.05, 0) is 29.3 Å². The van der Waals surface area contributed by atoms with Gasteiger partial charge in [0.25, 0.3) is 5.91 Å². The summed E-state index contributed by atoms with van der Waals surface area (Å²) in [5.74, 6) is -2.74. The van der Waals surface area contributed by atoms with Crippen LogP contribution in [-0.4, -0.2) is 24.7 Å². The van der Waals surface area contributed by atoms with E-state index < -0.39 is 23.6 Å². The topological polar surface area (TPSA) is 85.0 Å². The van der Waals surface area contributed by atoms with Crippen LogP contribution in [0, 0.1) is 11.7 Å². The molecular weight excluding hydrogens is 337 g/mol. The number of hydrazone groups is 1. The third-order valence-electron chi connectivity index (χ3n) is 4.19. The summed E-state index contributed by atoms with van der Waals surface area (Å²) in [6, 6.07) is 12.9. The molecule has 2 N–H and O–H groups in total. The van der Waals surface area contributed by atoms with Gasteiger partial charge in [0.05, 0.1) is 18.5 Å². The largest absolute Gasteiger partial charge is 0.468 e. The number of amides is 1. The number of benzene rings is 2. The number of hydrogen-bond donors (Lipinski definition) is 1. The molecule has 2 aromatic rings. The van der Waals surface area contributed by atoms with Crippen molar-refractivity contribution in [2.45, 2.75) is 13.0 Å². The van der Waals surface area contributed by atoms with Crippen LogP contribution in [0.2, 0.25) is 0 Å². The number of rotatable bonds is 4. The SMILES string of the molecule is COC(=O)C1CC(c2ccc(CN)cc2)=NN(c2cccc(F)c2)C1=O. The smallest absolute Gasteiger partial charge is 0.318 e. The van der Waals surface area contributed by atoms with Gasteiger partial charge in [-0.3, -0.25) is 9.59 Å². The summed E-state index contributed by atoms with van der Waals surface area (Å²) < 4.78 is 18.3. The van der Waals surface area contributed by atoms with Gasteiger partial charge in [-0.1, -0.05) is 30.3 Å². The minimum absolute atomic E-state index is 0.110. The number of nitrogens with zero attached hydrogens (tertiary/aromatic N) is 2. The van der Waals surface area contributed by atoms with Crippen molar-refractivity contribution in [3.05, 3.63) is 65.5 Å². The molecule has 1 atom stereocenters. The van der Waals surface area contributed by atoms with Gasteiger partial charge in [-0.15, -0.1) is 0 Å². The molecule has 134 valence electrons. The molecule has 0 saturated carbocycles. The number of ether oxygens (including phenoxy) is 1. The maximum atomic E-state index is 13.6. The molecule has 6 nitrogen and oxygen atoms in total. The Morgan fingerprint density at radius 1 is 1.31 bits per heavy atom. The molecule has 0 radical (unpaired) electrons. The van der Waals surface area contributed by atoms with E-state index in [2.05, 4.69) is 5.10 Å². The van der Waals surface area contributed by atoms with Gasteiger partial charge in [0, 0.05) is 13.0 Å². The quantitative estimate of drug-likeness (QED) is 0.673. The van der Waals surface area contributed by atoms with Crippen molar-refractivity contribution >= 4 is 23.3 Å². The Balaban J connectivity index is 2.05. The lowest BCUT2D eigenvalue weighted by Gasteiger charge is -2.28. The fourth-order valence-electron chi connectivity index (χ4n) is 2.77. The summed E-state index contributed by atoms with van der Waals surface area (Å²) in [5, 5.41) is 5.42. The highest BCUT2D eigenvalue weighted by molar-refractivity contribution is 6.15. The fraction of sp³-hybridized carbons (Fsp3) is 0.211. The van der Waals surface area contributed by atoms with Crippen molar-refractivity contribution in [2.24, 2.45) is 16.8 Å². The van der Waals surface area contributed by atoms with E-state index in [1.807, 2.05) is 24.3 Å². The molecule has 7 heteroatoms. The standard InChI is InChI=1S/C19H18FN3O3/c1-26-19(25)16-10-17(13-7-5-12(11-21)6-8-13)22-23(18(16)24)15-4-2-3-14(20)9-15/h2-9,16H,10-11,21H2,1H3. The van der Waals surface area contributed by atoms with Gasteiger partial charge in [0.1, 0.15) is 11.7 Å². The van der Waals surface area contributed by atoms with Crippen LogP contribution in [0.3, 0.4) is 0 Å². The average Bonchev–Trinajstić information content (AvgIpc) is 2.67. The van der Waals surface area contributed by atoms with E-state index in [9.17, 15) is 14.0 Å². The summed E-state index contributed by atoms with van der Waals surface area (Å²) in [6.07, 6.45) is 0.110. The van der Waals surface area contributed by atoms with E-state index in [1.165, 1.54) is 25.3 Å². The summed E-state index contributed by atoms with van der Waals surface area (Å²) >= 11 is 0. The third kappa shape index (κ3) is 3.48. The van der Waals surface area contributed by atoms with Crippen LogP contribution < -0.4 is 10.7 Å². The second-order valence-electron chi connectivity index (χ2n) is 5.86. The molecule has 1 aliphatic rings. The van der Waals surface area contributed by atoms with E-state index in [4.69, 9.17) is 10.5 Å². The molecule has 1 aliphatic heterocycles. The summed E-state index contributed by atoms with van der Waals surface area (Å²) in [6.45, 7) is 0.408. The van der Waals surface area contributed by atoms with Gasteiger partial charge in [-0.2, -0.15) is 10.1 Å². The monoisotopic (exact) mass is 355 g/mol. The van der Waals surface area contributed by atoms with Gasteiger partial charge < -0.3 is 10.5 Å². The lowest BCUT2D eigenvalue weighted by atomic mass is 9.94. The molecule has 0 aromatic heterocycles. The predicted octanol–water partition coefficient (Wildman–Crippen LogP) is 2.21. The first-order valence-corrected chi connectivity index (χ1v) is 8.07. The Kier molecular flexibility index (Phi) is 5.09. The number of carbonyl (C=O) groups is 2. The molecule has 1 amide bonds. The molecule has 0 bridgehead atoms. The van der Waals surface area contributed by atoms with Crippen LogP contribution >= 0.6 is 0 Å². The molecule has 0 saturated heterocycles. The lowest BCUT2D eigenvalue weighted by Crippen LogP contribution is -2.43. The van der Waals surface area contributed by atoms with Crippen LogP contribution in [0.4, 0.5) is 10.1 Å². The number of esters is 1. The molecular formula is C19H18FN3O3. The molecule has 2 aromatic carbocycles. The van der Waals surface area contributed by atoms with Crippen LogP contribution in [0.5, 0.6) is 0 Å². The van der Waals surface area contributed by atoms with Gasteiger partial charge in [0.2, 0.25) is 0 Å². The highest BCUT2D eigenvalue weighted by atomic mass is 19.1. The zero-order valence-electron chi connectivity index (χ0n) is 14.2. The van der Waals surface area contributed by atoms with Crippen molar-refractivity contribution < 1.29 is 18.7 Å². The minimum atomic E-state index is -1.04. The second kappa shape index (κ2) is 7.45. The van der Waals surface area contributed by atoms with Crippen molar-refractivity contribution in [2.75, 3.05) is 12.1 Å². The number of methoxy groups -OCH3 is 1. The van der Waals surface area contributed by atoms with E-state index in [0.717, 1.165) is 16.1 Å². The zero-order chi connectivity index (χ0) is 18.7. The normalized spacial score (nSPS) is 17.0. The van der Waals surface area contributed by atoms with Crippen LogP contribution in [0.1, 0.15) is 17.5 Å². The van der Waals surface area contributed by atoms with Crippen molar-refractivity contribution in [3.8, 4) is 0 Å². The second-order valence-corrected chi connectivity index (χ2v) is 5.86. The third-order valence-corrected chi connectivity index (χ3v) is 4.19. The van der Waals surface area contributed by atoms with Crippen molar-refractivity contribution in [1.82, 2.24) is 0 Å². The van der Waals surface area contributed by atoms with Crippen molar-refractivity contribution in [1.29, 1.82) is 0 Å². The van der Waals surface area contributed by atoms with E-state index in [1.54, 1.807) is 6.07 Å². The summed E-state index contributed by atoms with van der Waals surface area (Å²) in [4.78, 5) is 24.8. The van der Waals surface area contributed by atoms with E-state index >= 15 is 0 Å². The Morgan fingerprint density at radius 3 is 2.65 bits per heavy atom. The molecule has 0 aliphatic carbocycles. The number of hydrogen-bond acceptors (Lipinski definition) is 5. The number of nitrogens with two attached hydrogens (primary N) is 1. The van der Waals surface area contributed by atoms with E-state index in [-0.39, 0.29) is 12.1 Å². The highest BCUT2D eigenvalue weighted by Crippen LogP contribution is 2.27. The Labute approximate surface area is 150 Å². The van der Waals surface area contributed by atoms with Gasteiger partial charge >= 0.3 is 5.97 Å². The molecule has 3 rings (SSSR count). The van der Waals surface area contributed by atoms with Crippen LogP contribution in [0.15, 0.2) is 53.6 Å². The molecule has 1 heterocycles. The molecule has 26 heavy (non-hydrogen) atoms. The first kappa shape index (κ1) is 17.8.